The Morgan fingerprint density at radius 2 is 0.885 bits per heavy atom. The van der Waals surface area contributed by atoms with E-state index in [-0.39, 0.29) is 0 Å². The second-order valence-corrected chi connectivity index (χ2v) is 13.3. The highest BCUT2D eigenvalue weighted by Crippen LogP contribution is 2.40. The van der Waals surface area contributed by atoms with E-state index in [0.717, 1.165) is 50.1 Å². The van der Waals surface area contributed by atoms with E-state index in [1.165, 1.54) is 43.8 Å². The van der Waals surface area contributed by atoms with Gasteiger partial charge < -0.3 is 9.32 Å². The summed E-state index contributed by atoms with van der Waals surface area (Å²) in [5, 5.41) is 6.95. The van der Waals surface area contributed by atoms with Gasteiger partial charge in [0.25, 0.3) is 0 Å². The predicted molar refractivity (Wildman–Crippen MR) is 220 cm³/mol. The fourth-order valence-corrected chi connectivity index (χ4v) is 7.65. The molecule has 9 aromatic carbocycles. The molecule has 0 aliphatic carbocycles. The van der Waals surface area contributed by atoms with E-state index in [1.54, 1.807) is 6.07 Å². The van der Waals surface area contributed by atoms with Crippen LogP contribution in [0.15, 0.2) is 205 Å². The highest BCUT2D eigenvalue weighted by molar-refractivity contribution is 6.06. The van der Waals surface area contributed by atoms with Gasteiger partial charge >= 0.3 is 0 Å². The number of fused-ring (bicyclic) bond motifs is 5. The average Bonchev–Trinajstić information content (AvgIpc) is 3.58. The zero-order valence-electron chi connectivity index (χ0n) is 29.3. The summed E-state index contributed by atoms with van der Waals surface area (Å²) in [6, 6.07) is 69.1. The van der Waals surface area contributed by atoms with E-state index in [2.05, 4.69) is 175 Å². The summed E-state index contributed by atoms with van der Waals surface area (Å²) in [4.78, 5) is 2.33. The smallest absolute Gasteiger partial charge is 0.135 e. The van der Waals surface area contributed by atoms with Crippen molar-refractivity contribution in [1.82, 2.24) is 0 Å². The molecule has 0 bridgehead atoms. The van der Waals surface area contributed by atoms with E-state index in [4.69, 9.17) is 5.79 Å². The predicted octanol–water partition coefficient (Wildman–Crippen LogP) is 14.4. The Labute approximate surface area is 303 Å². The number of anilines is 3. The average molecular weight is 665 g/mol. The van der Waals surface area contributed by atoms with Crippen LogP contribution < -0.4 is 4.90 Å². The third kappa shape index (κ3) is 5.21. The zero-order chi connectivity index (χ0) is 35.3. The van der Waals surface area contributed by atoms with Gasteiger partial charge in [0.05, 0.1) is 1.37 Å². The summed E-state index contributed by atoms with van der Waals surface area (Å²) in [6.07, 6.45) is 0. The van der Waals surface area contributed by atoms with Crippen molar-refractivity contribution in [2.75, 3.05) is 4.90 Å². The molecule has 1 heterocycles. The lowest BCUT2D eigenvalue weighted by Gasteiger charge is -2.26. The highest BCUT2D eigenvalue weighted by Gasteiger charge is 2.16. The van der Waals surface area contributed by atoms with E-state index in [1.807, 2.05) is 18.2 Å². The van der Waals surface area contributed by atoms with Crippen molar-refractivity contribution < 1.29 is 5.79 Å². The monoisotopic (exact) mass is 664 g/mol. The third-order valence-corrected chi connectivity index (χ3v) is 10.2. The van der Waals surface area contributed by atoms with Crippen LogP contribution in [0.4, 0.5) is 17.1 Å². The SMILES string of the molecule is [2H]c1ccc2oc3ccc(-c4cccc(N(c5ccc(-c6cccc7ccccc67)cc5)c5ccc(-c6cccc7ccccc67)cc5)c4)cc3c2c1. The minimum Gasteiger partial charge on any atom is -0.456 e. The van der Waals surface area contributed by atoms with Crippen molar-refractivity contribution in [3.05, 3.63) is 200 Å². The Morgan fingerprint density at radius 3 is 1.54 bits per heavy atom. The van der Waals surface area contributed by atoms with Gasteiger partial charge in [0, 0.05) is 27.8 Å². The minimum atomic E-state index is 0.473. The molecule has 0 unspecified atom stereocenters. The van der Waals surface area contributed by atoms with Gasteiger partial charge in [-0.1, -0.05) is 146 Å². The van der Waals surface area contributed by atoms with E-state index in [9.17, 15) is 0 Å². The van der Waals surface area contributed by atoms with Crippen LogP contribution in [-0.4, -0.2) is 0 Å². The maximum absolute atomic E-state index is 8.20. The number of furan rings is 1. The van der Waals surface area contributed by atoms with Crippen molar-refractivity contribution in [2.24, 2.45) is 0 Å². The molecular weight excluding hydrogens is 631 g/mol. The highest BCUT2D eigenvalue weighted by atomic mass is 16.3. The van der Waals surface area contributed by atoms with Crippen LogP contribution in [0, 0.1) is 0 Å². The molecule has 0 aliphatic rings. The first-order valence-electron chi connectivity index (χ1n) is 18.2. The van der Waals surface area contributed by atoms with E-state index < -0.39 is 0 Å². The van der Waals surface area contributed by atoms with Gasteiger partial charge in [-0.2, -0.15) is 0 Å². The molecular formula is C50H33NO. The van der Waals surface area contributed by atoms with Crippen molar-refractivity contribution in [3.8, 4) is 33.4 Å². The lowest BCUT2D eigenvalue weighted by atomic mass is 9.97. The van der Waals surface area contributed by atoms with Crippen LogP contribution in [0.3, 0.4) is 0 Å². The standard InChI is InChI=1S/C50H33NO/c1-3-16-43-34(10-1)12-8-19-45(43)36-22-27-40(28-23-36)51(41-29-24-37(25-30-41)46-20-9-13-35-11-2-4-17-44(35)46)42-15-7-14-38(32-42)39-26-31-50-48(33-39)47-18-5-6-21-49(47)52-50/h1-33H/i5D. The second kappa shape index (κ2) is 12.5. The summed E-state index contributed by atoms with van der Waals surface area (Å²) < 4.78 is 14.3. The Hall–Kier alpha value is -6.90. The molecule has 0 fully saturated rings. The molecule has 52 heavy (non-hydrogen) atoms. The number of hydrogen-bond donors (Lipinski definition) is 0. The van der Waals surface area contributed by atoms with E-state index in [0.29, 0.717) is 6.04 Å². The quantitative estimate of drug-likeness (QED) is 0.176. The zero-order valence-corrected chi connectivity index (χ0v) is 28.3. The maximum atomic E-state index is 8.20. The van der Waals surface area contributed by atoms with Gasteiger partial charge in [-0.05, 0) is 110 Å². The summed E-state index contributed by atoms with van der Waals surface area (Å²) in [5.74, 6) is 0. The molecule has 0 saturated carbocycles. The van der Waals surface area contributed by atoms with Gasteiger partial charge in [-0.3, -0.25) is 0 Å². The topological polar surface area (TPSA) is 16.4 Å². The summed E-state index contributed by atoms with van der Waals surface area (Å²) >= 11 is 0. The Bertz CT molecular complexity index is 2830. The first-order chi connectivity index (χ1) is 26.2. The van der Waals surface area contributed by atoms with Crippen molar-refractivity contribution in [3.63, 3.8) is 0 Å². The van der Waals surface area contributed by atoms with Crippen LogP contribution >= 0.6 is 0 Å². The normalized spacial score (nSPS) is 11.7. The largest absolute Gasteiger partial charge is 0.456 e. The molecule has 10 aromatic rings. The van der Waals surface area contributed by atoms with Gasteiger partial charge in [-0.25, -0.2) is 0 Å². The summed E-state index contributed by atoms with van der Waals surface area (Å²) in [6.45, 7) is 0. The van der Waals surface area contributed by atoms with Crippen LogP contribution in [0.5, 0.6) is 0 Å². The molecule has 2 nitrogen and oxygen atoms in total. The van der Waals surface area contributed by atoms with Gasteiger partial charge in [-0.15, -0.1) is 0 Å². The number of para-hydroxylation sites is 1. The molecule has 2 heteroatoms. The Morgan fingerprint density at radius 1 is 0.346 bits per heavy atom. The third-order valence-electron chi connectivity index (χ3n) is 10.2. The molecule has 244 valence electrons. The summed E-state index contributed by atoms with van der Waals surface area (Å²) in [7, 11) is 0. The number of nitrogens with zero attached hydrogens (tertiary/aromatic N) is 1. The van der Waals surface area contributed by atoms with Crippen LogP contribution in [0.25, 0.3) is 76.9 Å². The number of hydrogen-bond acceptors (Lipinski definition) is 2. The lowest BCUT2D eigenvalue weighted by molar-refractivity contribution is 0.669. The first kappa shape index (κ1) is 28.9. The van der Waals surface area contributed by atoms with Crippen LogP contribution in [-0.2, 0) is 0 Å². The number of rotatable bonds is 6. The van der Waals surface area contributed by atoms with E-state index >= 15 is 0 Å². The molecule has 0 aliphatic heterocycles. The molecule has 1 aromatic heterocycles. The van der Waals surface area contributed by atoms with Crippen LogP contribution in [0.1, 0.15) is 1.37 Å². The molecule has 0 spiro atoms. The molecule has 0 N–H and O–H groups in total. The number of benzene rings is 9. The second-order valence-electron chi connectivity index (χ2n) is 13.3. The van der Waals surface area contributed by atoms with Crippen LogP contribution in [0.2, 0.25) is 0 Å². The van der Waals surface area contributed by atoms with Crippen molar-refractivity contribution in [1.29, 1.82) is 0 Å². The first-order valence-corrected chi connectivity index (χ1v) is 17.7. The molecule has 0 amide bonds. The fraction of sp³-hybridized carbons (Fsp3) is 0. The Balaban J connectivity index is 1.08. The maximum Gasteiger partial charge on any atom is 0.135 e. The fourth-order valence-electron chi connectivity index (χ4n) is 7.65. The van der Waals surface area contributed by atoms with Gasteiger partial charge in [0.1, 0.15) is 11.2 Å². The molecule has 0 saturated heterocycles. The molecule has 0 radical (unpaired) electrons. The Kier molecular flexibility index (Phi) is 6.92. The summed E-state index contributed by atoms with van der Waals surface area (Å²) in [5.41, 5.74) is 11.8. The van der Waals surface area contributed by atoms with Crippen molar-refractivity contribution >= 4 is 60.5 Å². The minimum absolute atomic E-state index is 0.473. The lowest BCUT2D eigenvalue weighted by Crippen LogP contribution is -2.10. The molecule has 0 atom stereocenters. The van der Waals surface area contributed by atoms with Gasteiger partial charge in [0.15, 0.2) is 0 Å². The molecule has 10 rings (SSSR count). The van der Waals surface area contributed by atoms with Gasteiger partial charge in [0.2, 0.25) is 0 Å². The van der Waals surface area contributed by atoms with Crippen molar-refractivity contribution in [2.45, 2.75) is 0 Å².